The van der Waals surface area contributed by atoms with Gasteiger partial charge in [0.15, 0.2) is 0 Å². The van der Waals surface area contributed by atoms with Gasteiger partial charge in [-0.2, -0.15) is 0 Å². The first-order valence-corrected chi connectivity index (χ1v) is 7.01. The van der Waals surface area contributed by atoms with Crippen LogP contribution in [0.25, 0.3) is 11.0 Å². The van der Waals surface area contributed by atoms with Gasteiger partial charge >= 0.3 is 5.69 Å². The van der Waals surface area contributed by atoms with Gasteiger partial charge in [-0.1, -0.05) is 6.07 Å². The molecule has 0 bridgehead atoms. The standard InChI is InChI=1S/C15H21N3O/c1-10(2)17-7-6-12(9-17)18-14-8-11(3)4-5-13(14)16-15(18)19/h4-5,8,10,12H,6-7,9H2,1-3H3,(H,16,19). The Labute approximate surface area is 113 Å². The summed E-state index contributed by atoms with van der Waals surface area (Å²) in [6, 6.07) is 6.99. The first kappa shape index (κ1) is 12.5. The van der Waals surface area contributed by atoms with E-state index in [1.165, 1.54) is 5.56 Å². The van der Waals surface area contributed by atoms with Gasteiger partial charge in [-0.15, -0.1) is 0 Å². The van der Waals surface area contributed by atoms with E-state index in [1.807, 2.05) is 16.7 Å². The molecule has 1 aromatic carbocycles. The molecule has 19 heavy (non-hydrogen) atoms. The number of imidazole rings is 1. The lowest BCUT2D eigenvalue weighted by Gasteiger charge is -2.20. The Balaban J connectivity index is 2.03. The molecule has 0 spiro atoms. The molecule has 0 saturated carbocycles. The van der Waals surface area contributed by atoms with Crippen LogP contribution in [0.15, 0.2) is 23.0 Å². The quantitative estimate of drug-likeness (QED) is 0.899. The Hall–Kier alpha value is -1.55. The number of H-pyrrole nitrogens is 1. The monoisotopic (exact) mass is 259 g/mol. The fourth-order valence-electron chi connectivity index (χ4n) is 3.04. The molecular formula is C15H21N3O. The van der Waals surface area contributed by atoms with Crippen LogP contribution in [0.1, 0.15) is 31.9 Å². The highest BCUT2D eigenvalue weighted by molar-refractivity contribution is 5.76. The van der Waals surface area contributed by atoms with Crippen LogP contribution < -0.4 is 5.69 Å². The zero-order valence-corrected chi connectivity index (χ0v) is 11.8. The highest BCUT2D eigenvalue weighted by Gasteiger charge is 2.27. The second-order valence-electron chi connectivity index (χ2n) is 5.85. The number of aromatic amines is 1. The molecule has 1 unspecified atom stereocenters. The van der Waals surface area contributed by atoms with Crippen molar-refractivity contribution in [1.29, 1.82) is 0 Å². The van der Waals surface area contributed by atoms with Crippen molar-refractivity contribution < 1.29 is 0 Å². The van der Waals surface area contributed by atoms with E-state index in [2.05, 4.69) is 36.7 Å². The fourth-order valence-corrected chi connectivity index (χ4v) is 3.04. The topological polar surface area (TPSA) is 41.0 Å². The SMILES string of the molecule is Cc1ccc2[nH]c(=O)n(C3CCN(C(C)C)C3)c2c1. The van der Waals surface area contributed by atoms with E-state index >= 15 is 0 Å². The average molecular weight is 259 g/mol. The van der Waals surface area contributed by atoms with Crippen LogP contribution in [0.2, 0.25) is 0 Å². The highest BCUT2D eigenvalue weighted by atomic mass is 16.1. The summed E-state index contributed by atoms with van der Waals surface area (Å²) in [5.41, 5.74) is 3.20. The van der Waals surface area contributed by atoms with Crippen LogP contribution in [0.3, 0.4) is 0 Å². The number of nitrogens with one attached hydrogen (secondary N) is 1. The van der Waals surface area contributed by atoms with E-state index in [-0.39, 0.29) is 5.69 Å². The van der Waals surface area contributed by atoms with Crippen molar-refractivity contribution >= 4 is 11.0 Å². The van der Waals surface area contributed by atoms with Crippen molar-refractivity contribution in [1.82, 2.24) is 14.5 Å². The molecule has 0 radical (unpaired) electrons. The van der Waals surface area contributed by atoms with Gasteiger partial charge < -0.3 is 4.98 Å². The molecule has 4 heteroatoms. The molecule has 3 rings (SSSR count). The van der Waals surface area contributed by atoms with Crippen molar-refractivity contribution in [3.05, 3.63) is 34.2 Å². The van der Waals surface area contributed by atoms with Crippen LogP contribution in [0, 0.1) is 6.92 Å². The van der Waals surface area contributed by atoms with E-state index in [1.54, 1.807) is 0 Å². The molecule has 1 aliphatic rings. The normalized spacial score (nSPS) is 20.7. The summed E-state index contributed by atoms with van der Waals surface area (Å²) in [4.78, 5) is 17.6. The minimum atomic E-state index is 0.0243. The minimum absolute atomic E-state index is 0.0243. The Bertz CT molecular complexity index is 653. The van der Waals surface area contributed by atoms with Gasteiger partial charge in [0, 0.05) is 19.1 Å². The van der Waals surface area contributed by atoms with Crippen molar-refractivity contribution in [2.45, 2.75) is 39.3 Å². The molecule has 102 valence electrons. The summed E-state index contributed by atoms with van der Waals surface area (Å²) < 4.78 is 1.95. The summed E-state index contributed by atoms with van der Waals surface area (Å²) in [5.74, 6) is 0. The second kappa shape index (κ2) is 4.53. The minimum Gasteiger partial charge on any atom is -0.306 e. The van der Waals surface area contributed by atoms with Gasteiger partial charge in [0.1, 0.15) is 0 Å². The van der Waals surface area contributed by atoms with Crippen LogP contribution in [-0.2, 0) is 0 Å². The van der Waals surface area contributed by atoms with Gasteiger partial charge in [-0.25, -0.2) is 4.79 Å². The van der Waals surface area contributed by atoms with E-state index in [9.17, 15) is 4.79 Å². The Morgan fingerprint density at radius 2 is 2.16 bits per heavy atom. The molecule has 1 fully saturated rings. The summed E-state index contributed by atoms with van der Waals surface area (Å²) >= 11 is 0. The maximum Gasteiger partial charge on any atom is 0.326 e. The van der Waals surface area contributed by atoms with Crippen LogP contribution in [0.4, 0.5) is 0 Å². The van der Waals surface area contributed by atoms with Gasteiger partial charge in [0.05, 0.1) is 17.1 Å². The third kappa shape index (κ3) is 2.10. The fraction of sp³-hybridized carbons (Fsp3) is 0.533. The first-order valence-electron chi connectivity index (χ1n) is 7.01. The maximum absolute atomic E-state index is 12.2. The maximum atomic E-state index is 12.2. The van der Waals surface area contributed by atoms with Crippen LogP contribution >= 0.6 is 0 Å². The zero-order chi connectivity index (χ0) is 13.6. The largest absolute Gasteiger partial charge is 0.326 e. The van der Waals surface area contributed by atoms with E-state index in [0.717, 1.165) is 30.5 Å². The van der Waals surface area contributed by atoms with Gasteiger partial charge in [-0.3, -0.25) is 9.47 Å². The number of nitrogens with zero attached hydrogens (tertiary/aromatic N) is 2. The Morgan fingerprint density at radius 1 is 1.37 bits per heavy atom. The Kier molecular flexibility index (Phi) is 2.97. The van der Waals surface area contributed by atoms with Crippen molar-refractivity contribution in [2.75, 3.05) is 13.1 Å². The first-order chi connectivity index (χ1) is 9.06. The predicted octanol–water partition coefficient (Wildman–Crippen LogP) is 2.29. The summed E-state index contributed by atoms with van der Waals surface area (Å²) in [6.07, 6.45) is 1.05. The molecular weight excluding hydrogens is 238 g/mol. The molecule has 0 amide bonds. The summed E-state index contributed by atoms with van der Waals surface area (Å²) in [5, 5.41) is 0. The summed E-state index contributed by atoms with van der Waals surface area (Å²) in [6.45, 7) is 8.54. The molecule has 1 atom stereocenters. The lowest BCUT2D eigenvalue weighted by Crippen LogP contribution is -2.30. The van der Waals surface area contributed by atoms with E-state index in [4.69, 9.17) is 0 Å². The summed E-state index contributed by atoms with van der Waals surface area (Å²) in [7, 11) is 0. The molecule has 4 nitrogen and oxygen atoms in total. The molecule has 1 aliphatic heterocycles. The number of hydrogen-bond donors (Lipinski definition) is 1. The lowest BCUT2D eigenvalue weighted by molar-refractivity contribution is 0.265. The van der Waals surface area contributed by atoms with Crippen molar-refractivity contribution in [3.63, 3.8) is 0 Å². The molecule has 1 aromatic heterocycles. The van der Waals surface area contributed by atoms with Gasteiger partial charge in [0.25, 0.3) is 0 Å². The zero-order valence-electron chi connectivity index (χ0n) is 11.8. The number of rotatable bonds is 2. The van der Waals surface area contributed by atoms with Gasteiger partial charge in [-0.05, 0) is 44.9 Å². The molecule has 0 aliphatic carbocycles. The van der Waals surface area contributed by atoms with Gasteiger partial charge in [0.2, 0.25) is 0 Å². The smallest absolute Gasteiger partial charge is 0.306 e. The molecule has 2 aromatic rings. The number of benzene rings is 1. The highest BCUT2D eigenvalue weighted by Crippen LogP contribution is 2.25. The van der Waals surface area contributed by atoms with Crippen LogP contribution in [0.5, 0.6) is 0 Å². The van der Waals surface area contributed by atoms with Crippen molar-refractivity contribution in [2.24, 2.45) is 0 Å². The second-order valence-corrected chi connectivity index (χ2v) is 5.85. The van der Waals surface area contributed by atoms with Crippen molar-refractivity contribution in [3.8, 4) is 0 Å². The third-order valence-corrected chi connectivity index (χ3v) is 4.16. The number of likely N-dealkylation sites (tertiary alicyclic amines) is 1. The lowest BCUT2D eigenvalue weighted by atomic mass is 10.2. The van der Waals surface area contributed by atoms with E-state index < -0.39 is 0 Å². The third-order valence-electron chi connectivity index (χ3n) is 4.16. The molecule has 1 saturated heterocycles. The van der Waals surface area contributed by atoms with Crippen LogP contribution in [-0.4, -0.2) is 33.6 Å². The number of aromatic nitrogens is 2. The molecule has 2 heterocycles. The Morgan fingerprint density at radius 3 is 2.84 bits per heavy atom. The predicted molar refractivity (Wildman–Crippen MR) is 77.7 cm³/mol. The average Bonchev–Trinajstić information content (AvgIpc) is 2.92. The number of fused-ring (bicyclic) bond motifs is 1. The van der Waals surface area contributed by atoms with E-state index in [0.29, 0.717) is 12.1 Å². The number of hydrogen-bond acceptors (Lipinski definition) is 2. The molecule has 1 N–H and O–H groups in total. The number of aryl methyl sites for hydroxylation is 1.